The van der Waals surface area contributed by atoms with E-state index >= 15 is 0 Å². The third kappa shape index (κ3) is 2.14. The monoisotopic (exact) mass is 294 g/mol. The van der Waals surface area contributed by atoms with E-state index in [0.29, 0.717) is 17.9 Å². The molecule has 2 heterocycles. The first-order chi connectivity index (χ1) is 9.72. The lowest BCUT2D eigenvalue weighted by Crippen LogP contribution is -2.03. The lowest BCUT2D eigenvalue weighted by Gasteiger charge is -2.07. The summed E-state index contributed by atoms with van der Waals surface area (Å²) in [5.41, 5.74) is 2.32. The Morgan fingerprint density at radius 1 is 1.45 bits per heavy atom. The standard InChI is InChI=1S/C14H12ClFN2O2/c1-19-13-5-12-11(4-10(13)16)17-14(6-15)18(12)7-9-2-3-20-8-9/h2-5,8H,6-7H2,1H3. The van der Waals surface area contributed by atoms with Crippen molar-refractivity contribution in [2.45, 2.75) is 12.4 Å². The van der Waals surface area contributed by atoms with Crippen molar-refractivity contribution in [2.24, 2.45) is 0 Å². The van der Waals surface area contributed by atoms with Crippen LogP contribution in [0.2, 0.25) is 0 Å². The van der Waals surface area contributed by atoms with Crippen molar-refractivity contribution in [3.63, 3.8) is 0 Å². The van der Waals surface area contributed by atoms with Gasteiger partial charge in [0.2, 0.25) is 0 Å². The number of aromatic nitrogens is 2. The predicted octanol–water partition coefficient (Wildman–Crippen LogP) is 3.56. The summed E-state index contributed by atoms with van der Waals surface area (Å²) in [5.74, 6) is 0.674. The number of rotatable bonds is 4. The Balaban J connectivity index is 2.17. The molecule has 0 radical (unpaired) electrons. The second-order valence-corrected chi connectivity index (χ2v) is 4.62. The molecule has 6 heteroatoms. The molecule has 0 aliphatic rings. The van der Waals surface area contributed by atoms with Gasteiger partial charge < -0.3 is 13.7 Å². The van der Waals surface area contributed by atoms with Gasteiger partial charge in [-0.05, 0) is 6.07 Å². The second-order valence-electron chi connectivity index (χ2n) is 4.35. The van der Waals surface area contributed by atoms with E-state index in [0.717, 1.165) is 11.1 Å². The van der Waals surface area contributed by atoms with Crippen LogP contribution in [0.5, 0.6) is 5.75 Å². The molecule has 0 unspecified atom stereocenters. The molecule has 0 spiro atoms. The van der Waals surface area contributed by atoms with Gasteiger partial charge in [0.25, 0.3) is 0 Å². The number of hydrogen-bond acceptors (Lipinski definition) is 3. The fourth-order valence-electron chi connectivity index (χ4n) is 2.18. The van der Waals surface area contributed by atoms with Crippen LogP contribution >= 0.6 is 11.6 Å². The zero-order chi connectivity index (χ0) is 14.1. The molecule has 0 bridgehead atoms. The average molecular weight is 295 g/mol. The second kappa shape index (κ2) is 5.17. The minimum Gasteiger partial charge on any atom is -0.494 e. The fourth-order valence-corrected chi connectivity index (χ4v) is 2.38. The number of hydrogen-bond donors (Lipinski definition) is 0. The van der Waals surface area contributed by atoms with Gasteiger partial charge in [-0.2, -0.15) is 0 Å². The van der Waals surface area contributed by atoms with E-state index in [4.69, 9.17) is 20.8 Å². The third-order valence-electron chi connectivity index (χ3n) is 3.14. The Bertz CT molecular complexity index is 737. The van der Waals surface area contributed by atoms with Gasteiger partial charge in [-0.15, -0.1) is 11.6 Å². The number of fused-ring (bicyclic) bond motifs is 1. The number of imidazole rings is 1. The summed E-state index contributed by atoms with van der Waals surface area (Å²) in [5, 5.41) is 0. The zero-order valence-corrected chi connectivity index (χ0v) is 11.5. The molecule has 0 atom stereocenters. The van der Waals surface area contributed by atoms with E-state index in [1.165, 1.54) is 13.2 Å². The van der Waals surface area contributed by atoms with Gasteiger partial charge in [0.15, 0.2) is 11.6 Å². The summed E-state index contributed by atoms with van der Waals surface area (Å²) < 4.78 is 25.7. The van der Waals surface area contributed by atoms with Gasteiger partial charge in [-0.1, -0.05) is 0 Å². The summed E-state index contributed by atoms with van der Waals surface area (Å²) in [6, 6.07) is 4.86. The first-order valence-corrected chi connectivity index (χ1v) is 6.56. The van der Waals surface area contributed by atoms with Crippen molar-refractivity contribution < 1.29 is 13.5 Å². The number of methoxy groups -OCH3 is 1. The molecule has 3 rings (SSSR count). The number of benzene rings is 1. The normalized spacial score (nSPS) is 11.2. The molecule has 0 saturated heterocycles. The van der Waals surface area contributed by atoms with Crippen LogP contribution in [0.25, 0.3) is 11.0 Å². The van der Waals surface area contributed by atoms with Crippen LogP contribution < -0.4 is 4.74 Å². The van der Waals surface area contributed by atoms with Crippen molar-refractivity contribution in [1.29, 1.82) is 0 Å². The zero-order valence-electron chi connectivity index (χ0n) is 10.8. The van der Waals surface area contributed by atoms with Crippen LogP contribution in [0.4, 0.5) is 4.39 Å². The summed E-state index contributed by atoms with van der Waals surface area (Å²) in [4.78, 5) is 4.35. The fraction of sp³-hybridized carbons (Fsp3) is 0.214. The van der Waals surface area contributed by atoms with Crippen molar-refractivity contribution in [1.82, 2.24) is 9.55 Å². The van der Waals surface area contributed by atoms with Gasteiger partial charge in [-0.25, -0.2) is 9.37 Å². The average Bonchev–Trinajstić information content (AvgIpc) is 3.06. The van der Waals surface area contributed by atoms with E-state index in [2.05, 4.69) is 4.98 Å². The van der Waals surface area contributed by atoms with Gasteiger partial charge in [0.05, 0.1) is 43.1 Å². The van der Waals surface area contributed by atoms with Gasteiger partial charge >= 0.3 is 0 Å². The molecule has 4 nitrogen and oxygen atoms in total. The largest absolute Gasteiger partial charge is 0.494 e. The predicted molar refractivity (Wildman–Crippen MR) is 73.6 cm³/mol. The molecule has 1 aromatic carbocycles. The third-order valence-corrected chi connectivity index (χ3v) is 3.38. The Kier molecular flexibility index (Phi) is 3.36. The highest BCUT2D eigenvalue weighted by atomic mass is 35.5. The highest BCUT2D eigenvalue weighted by Gasteiger charge is 2.14. The van der Waals surface area contributed by atoms with Crippen LogP contribution in [0, 0.1) is 5.82 Å². The molecule has 0 aliphatic heterocycles. The minimum absolute atomic E-state index is 0.187. The van der Waals surface area contributed by atoms with E-state index < -0.39 is 5.82 Å². The van der Waals surface area contributed by atoms with Gasteiger partial charge in [-0.3, -0.25) is 0 Å². The lowest BCUT2D eigenvalue weighted by molar-refractivity contribution is 0.387. The number of nitrogens with zero attached hydrogens (tertiary/aromatic N) is 2. The summed E-state index contributed by atoms with van der Waals surface area (Å²) in [6.07, 6.45) is 3.26. The Morgan fingerprint density at radius 2 is 2.30 bits per heavy atom. The molecule has 0 saturated carbocycles. The number of ether oxygens (including phenoxy) is 1. The Labute approximate surface area is 119 Å². The van der Waals surface area contributed by atoms with Crippen molar-refractivity contribution >= 4 is 22.6 Å². The summed E-state index contributed by atoms with van der Waals surface area (Å²) in [6.45, 7) is 0.559. The van der Waals surface area contributed by atoms with Crippen LogP contribution in [0.1, 0.15) is 11.4 Å². The van der Waals surface area contributed by atoms with E-state index in [-0.39, 0.29) is 11.6 Å². The maximum atomic E-state index is 13.7. The SMILES string of the molecule is COc1cc2c(cc1F)nc(CCl)n2Cc1ccoc1. The molecule has 0 N–H and O–H groups in total. The van der Waals surface area contributed by atoms with Crippen LogP contribution in [-0.4, -0.2) is 16.7 Å². The molecule has 0 amide bonds. The first-order valence-electron chi connectivity index (χ1n) is 6.02. The molecular formula is C14H12ClFN2O2. The van der Waals surface area contributed by atoms with Crippen LogP contribution in [0.3, 0.4) is 0 Å². The highest BCUT2D eigenvalue weighted by molar-refractivity contribution is 6.16. The highest BCUT2D eigenvalue weighted by Crippen LogP contribution is 2.26. The Morgan fingerprint density at radius 3 is 2.95 bits per heavy atom. The van der Waals surface area contributed by atoms with Crippen molar-refractivity contribution in [2.75, 3.05) is 7.11 Å². The maximum Gasteiger partial charge on any atom is 0.167 e. The van der Waals surface area contributed by atoms with Crippen LogP contribution in [0.15, 0.2) is 35.1 Å². The molecule has 104 valence electrons. The Hall–Kier alpha value is -2.01. The molecule has 0 aliphatic carbocycles. The van der Waals surface area contributed by atoms with Crippen molar-refractivity contribution in [3.05, 3.63) is 47.9 Å². The number of alkyl halides is 1. The topological polar surface area (TPSA) is 40.2 Å². The van der Waals surface area contributed by atoms with Crippen LogP contribution in [-0.2, 0) is 12.4 Å². The molecular weight excluding hydrogens is 283 g/mol. The minimum atomic E-state index is -0.436. The van der Waals surface area contributed by atoms with Crippen molar-refractivity contribution in [3.8, 4) is 5.75 Å². The summed E-state index contributed by atoms with van der Waals surface area (Å²) in [7, 11) is 1.43. The molecule has 3 aromatic rings. The quantitative estimate of drug-likeness (QED) is 0.691. The van der Waals surface area contributed by atoms with E-state index in [9.17, 15) is 4.39 Å². The maximum absolute atomic E-state index is 13.7. The summed E-state index contributed by atoms with van der Waals surface area (Å²) >= 11 is 5.93. The number of halogens is 2. The smallest absolute Gasteiger partial charge is 0.167 e. The molecule has 0 fully saturated rings. The van der Waals surface area contributed by atoms with Gasteiger partial charge in [0.1, 0.15) is 5.82 Å². The van der Waals surface area contributed by atoms with E-state index in [1.807, 2.05) is 10.6 Å². The number of furan rings is 1. The lowest BCUT2D eigenvalue weighted by atomic mass is 10.2. The van der Waals surface area contributed by atoms with E-state index in [1.54, 1.807) is 18.6 Å². The molecule has 2 aromatic heterocycles. The molecule has 20 heavy (non-hydrogen) atoms. The first kappa shape index (κ1) is 13.0. The van der Waals surface area contributed by atoms with Gasteiger partial charge in [0, 0.05) is 17.7 Å².